The molecule has 2 heterocycles. The number of aromatic nitrogens is 2. The zero-order chi connectivity index (χ0) is 18.1. The first-order valence-electron chi connectivity index (χ1n) is 8.69. The van der Waals surface area contributed by atoms with Gasteiger partial charge in [0.1, 0.15) is 0 Å². The molecule has 4 rings (SSSR count). The molecule has 0 atom stereocenters. The van der Waals surface area contributed by atoms with E-state index in [1.54, 1.807) is 6.07 Å². The van der Waals surface area contributed by atoms with Crippen molar-refractivity contribution in [3.63, 3.8) is 0 Å². The Labute approximate surface area is 152 Å². The lowest BCUT2D eigenvalue weighted by molar-refractivity contribution is 0.102. The average molecular weight is 344 g/mol. The zero-order valence-corrected chi connectivity index (χ0v) is 14.9. The number of rotatable bonds is 3. The highest BCUT2D eigenvalue weighted by Gasteiger charge is 2.21. The van der Waals surface area contributed by atoms with Gasteiger partial charge in [0.2, 0.25) is 0 Å². The Kier molecular flexibility index (Phi) is 4.13. The second-order valence-electron chi connectivity index (χ2n) is 6.56. The molecule has 0 aliphatic carbocycles. The zero-order valence-electron chi connectivity index (χ0n) is 14.9. The van der Waals surface area contributed by atoms with Crippen molar-refractivity contribution in [3.8, 4) is 0 Å². The number of carbonyl (C=O) groups excluding carboxylic acids is 1. The van der Waals surface area contributed by atoms with Crippen LogP contribution in [0.4, 0.5) is 17.3 Å². The summed E-state index contributed by atoms with van der Waals surface area (Å²) >= 11 is 0. The van der Waals surface area contributed by atoms with Crippen LogP contribution in [0.2, 0.25) is 0 Å². The number of nitrogens with zero attached hydrogens (tertiary/aromatic N) is 3. The SMILES string of the molecule is Cc1ccc(C(=O)Nc2ccc(N3CCc4ccccc43)nn2)cc1C. The van der Waals surface area contributed by atoms with Crippen LogP contribution in [-0.2, 0) is 6.42 Å². The van der Waals surface area contributed by atoms with Crippen LogP contribution < -0.4 is 10.2 Å². The fraction of sp³-hybridized carbons (Fsp3) is 0.190. The van der Waals surface area contributed by atoms with E-state index >= 15 is 0 Å². The van der Waals surface area contributed by atoms with Crippen LogP contribution >= 0.6 is 0 Å². The van der Waals surface area contributed by atoms with Crippen molar-refractivity contribution in [1.29, 1.82) is 0 Å². The van der Waals surface area contributed by atoms with Gasteiger partial charge in [-0.1, -0.05) is 24.3 Å². The molecule has 0 spiro atoms. The molecular formula is C21H20N4O. The van der Waals surface area contributed by atoms with Gasteiger partial charge in [0.15, 0.2) is 11.6 Å². The number of benzene rings is 2. The summed E-state index contributed by atoms with van der Waals surface area (Å²) in [6.07, 6.45) is 1.00. The molecule has 0 bridgehead atoms. The monoisotopic (exact) mass is 344 g/mol. The fourth-order valence-corrected chi connectivity index (χ4v) is 3.18. The Morgan fingerprint density at radius 2 is 1.85 bits per heavy atom. The smallest absolute Gasteiger partial charge is 0.256 e. The van der Waals surface area contributed by atoms with E-state index in [0.29, 0.717) is 11.4 Å². The Bertz CT molecular complexity index is 966. The van der Waals surface area contributed by atoms with E-state index in [0.717, 1.165) is 29.9 Å². The molecule has 1 aromatic heterocycles. The Balaban J connectivity index is 1.50. The third-order valence-electron chi connectivity index (χ3n) is 4.82. The first-order valence-corrected chi connectivity index (χ1v) is 8.69. The number of aryl methyl sites for hydroxylation is 2. The van der Waals surface area contributed by atoms with Gasteiger partial charge in [-0.25, -0.2) is 0 Å². The number of nitrogens with one attached hydrogen (secondary N) is 1. The minimum absolute atomic E-state index is 0.179. The van der Waals surface area contributed by atoms with Gasteiger partial charge in [-0.2, -0.15) is 0 Å². The standard InChI is InChI=1S/C21H20N4O/c1-14-7-8-17(13-15(14)2)21(26)22-19-9-10-20(24-23-19)25-12-11-16-5-3-4-6-18(16)25/h3-10,13H,11-12H2,1-2H3,(H,22,23,26). The van der Waals surface area contributed by atoms with Crippen molar-refractivity contribution in [1.82, 2.24) is 10.2 Å². The van der Waals surface area contributed by atoms with E-state index in [1.807, 2.05) is 44.2 Å². The van der Waals surface area contributed by atoms with Gasteiger partial charge in [-0.05, 0) is 67.3 Å². The molecule has 5 nitrogen and oxygen atoms in total. The predicted molar refractivity (Wildman–Crippen MR) is 103 cm³/mol. The highest BCUT2D eigenvalue weighted by atomic mass is 16.1. The van der Waals surface area contributed by atoms with Gasteiger partial charge in [0, 0.05) is 17.8 Å². The van der Waals surface area contributed by atoms with Gasteiger partial charge < -0.3 is 10.2 Å². The van der Waals surface area contributed by atoms with E-state index in [-0.39, 0.29) is 5.91 Å². The van der Waals surface area contributed by atoms with Gasteiger partial charge in [-0.3, -0.25) is 4.79 Å². The predicted octanol–water partition coefficient (Wildman–Crippen LogP) is 4.04. The lowest BCUT2D eigenvalue weighted by Crippen LogP contribution is -2.17. The Morgan fingerprint density at radius 1 is 1.00 bits per heavy atom. The molecular weight excluding hydrogens is 324 g/mol. The minimum Gasteiger partial charge on any atom is -0.324 e. The van der Waals surface area contributed by atoms with Crippen LogP contribution in [0.1, 0.15) is 27.0 Å². The number of hydrogen-bond donors (Lipinski definition) is 1. The highest BCUT2D eigenvalue weighted by Crippen LogP contribution is 2.32. The topological polar surface area (TPSA) is 58.1 Å². The molecule has 0 unspecified atom stereocenters. The fourth-order valence-electron chi connectivity index (χ4n) is 3.18. The van der Waals surface area contributed by atoms with Crippen LogP contribution in [0.15, 0.2) is 54.6 Å². The molecule has 0 saturated carbocycles. The first-order chi connectivity index (χ1) is 12.6. The van der Waals surface area contributed by atoms with Crippen LogP contribution in [0.3, 0.4) is 0 Å². The van der Waals surface area contributed by atoms with Crippen molar-refractivity contribution in [2.45, 2.75) is 20.3 Å². The first kappa shape index (κ1) is 16.3. The number of para-hydroxylation sites is 1. The van der Waals surface area contributed by atoms with Crippen LogP contribution in [-0.4, -0.2) is 22.6 Å². The molecule has 1 amide bonds. The van der Waals surface area contributed by atoms with E-state index < -0.39 is 0 Å². The summed E-state index contributed by atoms with van der Waals surface area (Å²) < 4.78 is 0. The quantitative estimate of drug-likeness (QED) is 0.779. The highest BCUT2D eigenvalue weighted by molar-refractivity contribution is 6.03. The minimum atomic E-state index is -0.179. The Morgan fingerprint density at radius 3 is 2.62 bits per heavy atom. The van der Waals surface area contributed by atoms with Gasteiger partial charge >= 0.3 is 0 Å². The summed E-state index contributed by atoms with van der Waals surface area (Å²) in [5, 5.41) is 11.3. The maximum Gasteiger partial charge on any atom is 0.256 e. The molecule has 130 valence electrons. The lowest BCUT2D eigenvalue weighted by Gasteiger charge is -2.17. The van der Waals surface area contributed by atoms with Crippen molar-refractivity contribution in [2.75, 3.05) is 16.8 Å². The molecule has 0 radical (unpaired) electrons. The number of fused-ring (bicyclic) bond motifs is 1. The largest absolute Gasteiger partial charge is 0.324 e. The van der Waals surface area contributed by atoms with Crippen molar-refractivity contribution < 1.29 is 4.79 Å². The lowest BCUT2D eigenvalue weighted by atomic mass is 10.1. The van der Waals surface area contributed by atoms with E-state index in [4.69, 9.17) is 0 Å². The second-order valence-corrected chi connectivity index (χ2v) is 6.56. The summed E-state index contributed by atoms with van der Waals surface area (Å²) in [4.78, 5) is 14.5. The normalized spacial score (nSPS) is 12.8. The van der Waals surface area contributed by atoms with Crippen molar-refractivity contribution in [2.24, 2.45) is 0 Å². The molecule has 3 aromatic rings. The molecule has 26 heavy (non-hydrogen) atoms. The summed E-state index contributed by atoms with van der Waals surface area (Å²) in [5.74, 6) is 1.06. The number of carbonyl (C=O) groups is 1. The molecule has 1 aliphatic rings. The Hall–Kier alpha value is -3.21. The third-order valence-corrected chi connectivity index (χ3v) is 4.82. The van der Waals surface area contributed by atoms with E-state index in [9.17, 15) is 4.79 Å². The summed E-state index contributed by atoms with van der Waals surface area (Å²) in [6, 6.07) is 17.7. The molecule has 0 fully saturated rings. The van der Waals surface area contributed by atoms with Gasteiger partial charge in [0.25, 0.3) is 5.91 Å². The second kappa shape index (κ2) is 6.59. The van der Waals surface area contributed by atoms with Crippen LogP contribution in [0.5, 0.6) is 0 Å². The van der Waals surface area contributed by atoms with Crippen molar-refractivity contribution >= 4 is 23.2 Å². The molecule has 5 heteroatoms. The number of anilines is 3. The maximum absolute atomic E-state index is 12.4. The summed E-state index contributed by atoms with van der Waals surface area (Å²) in [7, 11) is 0. The molecule has 1 N–H and O–H groups in total. The average Bonchev–Trinajstić information content (AvgIpc) is 3.09. The summed E-state index contributed by atoms with van der Waals surface area (Å²) in [6.45, 7) is 4.91. The third kappa shape index (κ3) is 3.04. The van der Waals surface area contributed by atoms with E-state index in [1.165, 1.54) is 11.3 Å². The number of amides is 1. The van der Waals surface area contributed by atoms with E-state index in [2.05, 4.69) is 38.6 Å². The molecule has 2 aromatic carbocycles. The summed E-state index contributed by atoms with van der Waals surface area (Å²) in [5.41, 5.74) is 5.37. The van der Waals surface area contributed by atoms with Gasteiger partial charge in [0.05, 0.1) is 0 Å². The van der Waals surface area contributed by atoms with Crippen molar-refractivity contribution in [3.05, 3.63) is 76.9 Å². The van der Waals surface area contributed by atoms with Crippen LogP contribution in [0, 0.1) is 13.8 Å². The van der Waals surface area contributed by atoms with Crippen LogP contribution in [0.25, 0.3) is 0 Å². The number of hydrogen-bond acceptors (Lipinski definition) is 4. The molecule has 1 aliphatic heterocycles. The van der Waals surface area contributed by atoms with Gasteiger partial charge in [-0.15, -0.1) is 10.2 Å². The maximum atomic E-state index is 12.4. The molecule has 0 saturated heterocycles.